The summed E-state index contributed by atoms with van der Waals surface area (Å²) in [5.41, 5.74) is 1.10. The molecule has 0 aliphatic rings. The third kappa shape index (κ3) is 4.72. The van der Waals surface area contributed by atoms with Crippen molar-refractivity contribution < 1.29 is 0 Å². The van der Waals surface area contributed by atoms with Gasteiger partial charge in [0.1, 0.15) is 0 Å². The van der Waals surface area contributed by atoms with Gasteiger partial charge in [-0.1, -0.05) is 50.2 Å². The van der Waals surface area contributed by atoms with E-state index in [4.69, 9.17) is 0 Å². The molecule has 0 amide bonds. The van der Waals surface area contributed by atoms with Crippen molar-refractivity contribution in [3.05, 3.63) is 35.9 Å². The lowest BCUT2D eigenvalue weighted by Crippen LogP contribution is -1.75. The van der Waals surface area contributed by atoms with Crippen molar-refractivity contribution in [2.24, 2.45) is 0 Å². The fourth-order valence-electron chi connectivity index (χ4n) is 1.27. The average Bonchev–Trinajstić information content (AvgIpc) is 2.25. The first kappa shape index (κ1) is 10.9. The summed E-state index contributed by atoms with van der Waals surface area (Å²) < 4.78 is 0. The zero-order chi connectivity index (χ0) is 10.1. The van der Waals surface area contributed by atoms with Crippen LogP contribution in [0.1, 0.15) is 44.6 Å². The monoisotopic (exact) mass is 185 g/mol. The number of hydrogen-bond acceptors (Lipinski definition) is 0. The molecule has 0 atom stereocenters. The van der Waals surface area contributed by atoms with Gasteiger partial charge in [-0.15, -0.1) is 0 Å². The Bertz CT molecular complexity index is 287. The summed E-state index contributed by atoms with van der Waals surface area (Å²) in [4.78, 5) is 0. The van der Waals surface area contributed by atoms with Crippen molar-refractivity contribution in [2.75, 3.05) is 0 Å². The molecule has 1 aromatic carbocycles. The van der Waals surface area contributed by atoms with Gasteiger partial charge < -0.3 is 0 Å². The van der Waals surface area contributed by atoms with Crippen LogP contribution in [0.4, 0.5) is 0 Å². The van der Waals surface area contributed by atoms with Gasteiger partial charge in [-0.05, 0) is 24.6 Å². The maximum atomic E-state index is 3.20. The maximum absolute atomic E-state index is 3.20. The highest BCUT2D eigenvalue weighted by Gasteiger charge is 1.84. The van der Waals surface area contributed by atoms with E-state index in [-0.39, 0.29) is 0 Å². The zero-order valence-corrected chi connectivity index (χ0v) is 8.84. The molecule has 1 radical (unpaired) electrons. The minimum atomic E-state index is 1.03. The molecule has 0 fully saturated rings. The van der Waals surface area contributed by atoms with E-state index in [0.29, 0.717) is 0 Å². The van der Waals surface area contributed by atoms with E-state index < -0.39 is 0 Å². The quantitative estimate of drug-likeness (QED) is 0.494. The van der Waals surface area contributed by atoms with Gasteiger partial charge in [-0.2, -0.15) is 0 Å². The second-order valence-corrected chi connectivity index (χ2v) is 3.40. The van der Waals surface area contributed by atoms with Crippen LogP contribution in [0.3, 0.4) is 0 Å². The Morgan fingerprint density at radius 2 is 1.93 bits per heavy atom. The molecule has 0 heteroatoms. The number of rotatable bonds is 4. The van der Waals surface area contributed by atoms with E-state index in [9.17, 15) is 0 Å². The molecular weight excluding hydrogens is 168 g/mol. The van der Waals surface area contributed by atoms with Crippen LogP contribution >= 0.6 is 0 Å². The van der Waals surface area contributed by atoms with Crippen LogP contribution < -0.4 is 0 Å². The molecule has 0 nitrogen and oxygen atoms in total. The first-order chi connectivity index (χ1) is 6.93. The molecule has 0 bridgehead atoms. The van der Waals surface area contributed by atoms with E-state index in [0.717, 1.165) is 12.0 Å². The van der Waals surface area contributed by atoms with Crippen LogP contribution in [-0.2, 0) is 0 Å². The lowest BCUT2D eigenvalue weighted by atomic mass is 10.1. The van der Waals surface area contributed by atoms with Gasteiger partial charge in [0.05, 0.1) is 0 Å². The third-order valence-corrected chi connectivity index (χ3v) is 2.11. The molecule has 0 saturated heterocycles. The van der Waals surface area contributed by atoms with E-state index in [2.05, 4.69) is 24.8 Å². The molecule has 0 heterocycles. The zero-order valence-electron chi connectivity index (χ0n) is 8.84. The molecule has 73 valence electrons. The summed E-state index contributed by atoms with van der Waals surface area (Å²) in [6, 6.07) is 10.8. The van der Waals surface area contributed by atoms with Crippen molar-refractivity contribution >= 4 is 0 Å². The Balaban J connectivity index is 2.21. The molecule has 0 N–H and O–H groups in total. The maximum Gasteiger partial charge on any atom is 0.0245 e. The highest BCUT2D eigenvalue weighted by Crippen LogP contribution is 2.01. The van der Waals surface area contributed by atoms with Crippen LogP contribution in [0.25, 0.3) is 0 Å². The molecule has 0 aliphatic heterocycles. The van der Waals surface area contributed by atoms with Gasteiger partial charge in [0.2, 0.25) is 0 Å². The van der Waals surface area contributed by atoms with Crippen LogP contribution in [0, 0.1) is 17.9 Å². The van der Waals surface area contributed by atoms with Gasteiger partial charge in [0.25, 0.3) is 0 Å². The van der Waals surface area contributed by atoms with E-state index in [1.807, 2.05) is 24.3 Å². The smallest absolute Gasteiger partial charge is 0.0245 e. The lowest BCUT2D eigenvalue weighted by molar-refractivity contribution is 0.679. The van der Waals surface area contributed by atoms with Gasteiger partial charge in [0.15, 0.2) is 0 Å². The Morgan fingerprint density at radius 3 is 2.64 bits per heavy atom. The normalized spacial score (nSPS) is 9.21. The van der Waals surface area contributed by atoms with Crippen LogP contribution in [0.2, 0.25) is 0 Å². The molecule has 0 spiro atoms. The lowest BCUT2D eigenvalue weighted by Gasteiger charge is -1.92. The van der Waals surface area contributed by atoms with Crippen LogP contribution in [-0.4, -0.2) is 0 Å². The summed E-state index contributed by atoms with van der Waals surface area (Å²) >= 11 is 0. The van der Waals surface area contributed by atoms with Crippen molar-refractivity contribution in [3.63, 3.8) is 0 Å². The summed E-state index contributed by atoms with van der Waals surface area (Å²) in [5.74, 6) is 6.35. The molecular formula is C14H17. The molecule has 0 saturated carbocycles. The topological polar surface area (TPSA) is 0 Å². The average molecular weight is 185 g/mol. The van der Waals surface area contributed by atoms with E-state index in [1.165, 1.54) is 25.7 Å². The standard InChI is InChI=1S/C14H17/c1-2-3-4-5-6-8-11-14-12-9-7-10-13-14/h9-10,12-13H,2-6H2,1H3. The first-order valence-electron chi connectivity index (χ1n) is 5.38. The summed E-state index contributed by atoms with van der Waals surface area (Å²) in [6.45, 7) is 2.23. The van der Waals surface area contributed by atoms with Gasteiger partial charge in [0, 0.05) is 12.0 Å². The minimum absolute atomic E-state index is 1.03. The Hall–Kier alpha value is -1.22. The molecule has 14 heavy (non-hydrogen) atoms. The van der Waals surface area contributed by atoms with Crippen molar-refractivity contribution in [1.29, 1.82) is 0 Å². The van der Waals surface area contributed by atoms with Gasteiger partial charge in [-0.3, -0.25) is 0 Å². The highest BCUT2D eigenvalue weighted by molar-refractivity contribution is 5.33. The van der Waals surface area contributed by atoms with Crippen molar-refractivity contribution in [2.45, 2.75) is 39.0 Å². The minimum Gasteiger partial charge on any atom is -0.0979 e. The summed E-state index contributed by atoms with van der Waals surface area (Å²) in [7, 11) is 0. The number of benzene rings is 1. The summed E-state index contributed by atoms with van der Waals surface area (Å²) in [6.07, 6.45) is 6.20. The number of hydrogen-bond donors (Lipinski definition) is 0. The molecule has 0 aromatic heterocycles. The van der Waals surface area contributed by atoms with Crippen molar-refractivity contribution in [1.82, 2.24) is 0 Å². The van der Waals surface area contributed by atoms with Crippen LogP contribution in [0.15, 0.2) is 24.3 Å². The number of unbranched alkanes of at least 4 members (excludes halogenated alkanes) is 4. The molecule has 0 aliphatic carbocycles. The Kier molecular flexibility index (Phi) is 5.59. The van der Waals surface area contributed by atoms with Crippen molar-refractivity contribution in [3.8, 4) is 11.8 Å². The molecule has 1 aromatic rings. The predicted molar refractivity (Wildman–Crippen MR) is 60.9 cm³/mol. The van der Waals surface area contributed by atoms with Gasteiger partial charge >= 0.3 is 0 Å². The SMILES string of the molecule is CCCCCCC#Cc1cc[c]cc1. The third-order valence-electron chi connectivity index (χ3n) is 2.11. The second kappa shape index (κ2) is 7.21. The van der Waals surface area contributed by atoms with E-state index >= 15 is 0 Å². The second-order valence-electron chi connectivity index (χ2n) is 3.40. The highest BCUT2D eigenvalue weighted by atomic mass is 13.9. The van der Waals surface area contributed by atoms with E-state index in [1.54, 1.807) is 0 Å². The Labute approximate surface area is 87.4 Å². The fraction of sp³-hybridized carbons (Fsp3) is 0.429. The molecule has 0 unspecified atom stereocenters. The summed E-state index contributed by atoms with van der Waals surface area (Å²) in [5, 5.41) is 0. The predicted octanol–water partition coefficient (Wildman–Crippen LogP) is 3.81. The van der Waals surface area contributed by atoms with Gasteiger partial charge in [-0.25, -0.2) is 0 Å². The Morgan fingerprint density at radius 1 is 1.14 bits per heavy atom. The fourth-order valence-corrected chi connectivity index (χ4v) is 1.27. The van der Waals surface area contributed by atoms with Crippen LogP contribution in [0.5, 0.6) is 0 Å². The molecule has 1 rings (SSSR count). The largest absolute Gasteiger partial charge is 0.0979 e. The first-order valence-corrected chi connectivity index (χ1v) is 5.38.